The summed E-state index contributed by atoms with van der Waals surface area (Å²) >= 11 is 0. The molecule has 1 heterocycles. The van der Waals surface area contributed by atoms with Crippen LogP contribution in [0.15, 0.2) is 30.3 Å². The van der Waals surface area contributed by atoms with Gasteiger partial charge in [0.15, 0.2) is 0 Å². The molecular weight excluding hydrogens is 214 g/mol. The van der Waals surface area contributed by atoms with Crippen LogP contribution in [0.2, 0.25) is 0 Å². The first-order chi connectivity index (χ1) is 8.34. The van der Waals surface area contributed by atoms with Gasteiger partial charge in [-0.25, -0.2) is 0 Å². The van der Waals surface area contributed by atoms with Gasteiger partial charge >= 0.3 is 5.97 Å². The molecule has 0 aromatic heterocycles. The monoisotopic (exact) mass is 233 g/mol. The maximum absolute atomic E-state index is 11.6. The number of piperidine rings is 1. The van der Waals surface area contributed by atoms with Gasteiger partial charge in [0.25, 0.3) is 0 Å². The molecule has 1 N–H and O–H groups in total. The predicted octanol–water partition coefficient (Wildman–Crippen LogP) is 2.12. The van der Waals surface area contributed by atoms with E-state index in [1.165, 1.54) is 0 Å². The normalized spacial score (nSPS) is 16.7. The molecule has 0 saturated carbocycles. The van der Waals surface area contributed by atoms with Crippen molar-refractivity contribution >= 4 is 5.97 Å². The van der Waals surface area contributed by atoms with E-state index < -0.39 is 0 Å². The molecule has 3 heteroatoms. The highest BCUT2D eigenvalue weighted by Crippen LogP contribution is 2.16. The summed E-state index contributed by atoms with van der Waals surface area (Å²) < 4.78 is 5.27. The van der Waals surface area contributed by atoms with E-state index in [0.29, 0.717) is 18.9 Å². The highest BCUT2D eigenvalue weighted by atomic mass is 16.5. The first kappa shape index (κ1) is 12.1. The number of hydrogen-bond donors (Lipinski definition) is 1. The summed E-state index contributed by atoms with van der Waals surface area (Å²) in [5, 5.41) is 3.29. The van der Waals surface area contributed by atoms with Crippen LogP contribution in [0.3, 0.4) is 0 Å². The average Bonchev–Trinajstić information content (AvgIpc) is 2.39. The maximum Gasteiger partial charge on any atom is 0.306 e. The second-order valence-corrected chi connectivity index (χ2v) is 4.54. The topological polar surface area (TPSA) is 38.3 Å². The molecule has 0 amide bonds. The summed E-state index contributed by atoms with van der Waals surface area (Å²) in [5.41, 5.74) is 1.05. The smallest absolute Gasteiger partial charge is 0.306 e. The summed E-state index contributed by atoms with van der Waals surface area (Å²) in [5.74, 6) is 0.431. The molecule has 1 aromatic rings. The third-order valence-electron chi connectivity index (χ3n) is 3.16. The van der Waals surface area contributed by atoms with Crippen molar-refractivity contribution in [2.24, 2.45) is 5.92 Å². The van der Waals surface area contributed by atoms with Crippen LogP contribution < -0.4 is 5.32 Å². The van der Waals surface area contributed by atoms with Crippen LogP contribution in [0.25, 0.3) is 0 Å². The van der Waals surface area contributed by atoms with Gasteiger partial charge in [-0.15, -0.1) is 0 Å². The van der Waals surface area contributed by atoms with E-state index in [1.807, 2.05) is 30.3 Å². The Bertz CT molecular complexity index is 344. The third kappa shape index (κ3) is 4.19. The number of rotatable bonds is 4. The summed E-state index contributed by atoms with van der Waals surface area (Å²) in [6, 6.07) is 9.81. The largest absolute Gasteiger partial charge is 0.461 e. The number of ether oxygens (including phenoxy) is 1. The Balaban J connectivity index is 1.70. The number of hydrogen-bond acceptors (Lipinski definition) is 3. The zero-order valence-electron chi connectivity index (χ0n) is 10.0. The summed E-state index contributed by atoms with van der Waals surface area (Å²) in [4.78, 5) is 11.6. The van der Waals surface area contributed by atoms with E-state index >= 15 is 0 Å². The van der Waals surface area contributed by atoms with Crippen LogP contribution in [0.1, 0.15) is 24.8 Å². The van der Waals surface area contributed by atoms with Crippen LogP contribution in [-0.2, 0) is 16.1 Å². The number of benzene rings is 1. The van der Waals surface area contributed by atoms with Gasteiger partial charge < -0.3 is 10.1 Å². The van der Waals surface area contributed by atoms with Crippen molar-refractivity contribution in [1.82, 2.24) is 5.32 Å². The molecule has 3 nitrogen and oxygen atoms in total. The first-order valence-corrected chi connectivity index (χ1v) is 6.25. The fourth-order valence-electron chi connectivity index (χ4n) is 2.12. The van der Waals surface area contributed by atoms with Crippen molar-refractivity contribution in [2.75, 3.05) is 13.1 Å². The quantitative estimate of drug-likeness (QED) is 0.810. The number of carbonyl (C=O) groups is 1. The molecule has 1 saturated heterocycles. The van der Waals surface area contributed by atoms with Gasteiger partial charge in [-0.3, -0.25) is 4.79 Å². The Morgan fingerprint density at radius 1 is 1.24 bits per heavy atom. The zero-order chi connectivity index (χ0) is 11.9. The second-order valence-electron chi connectivity index (χ2n) is 4.54. The molecule has 2 rings (SSSR count). The Labute approximate surface area is 102 Å². The highest BCUT2D eigenvalue weighted by molar-refractivity contribution is 5.69. The predicted molar refractivity (Wildman–Crippen MR) is 66.4 cm³/mol. The van der Waals surface area contributed by atoms with Crippen molar-refractivity contribution in [3.8, 4) is 0 Å². The van der Waals surface area contributed by atoms with E-state index in [4.69, 9.17) is 4.74 Å². The van der Waals surface area contributed by atoms with Gasteiger partial charge in [0.05, 0.1) is 0 Å². The Morgan fingerprint density at radius 3 is 2.65 bits per heavy atom. The van der Waals surface area contributed by atoms with Gasteiger partial charge in [0, 0.05) is 6.42 Å². The summed E-state index contributed by atoms with van der Waals surface area (Å²) in [6.07, 6.45) is 2.73. The van der Waals surface area contributed by atoms with Gasteiger partial charge in [0.1, 0.15) is 6.61 Å². The summed E-state index contributed by atoms with van der Waals surface area (Å²) in [7, 11) is 0. The minimum atomic E-state index is -0.0687. The van der Waals surface area contributed by atoms with E-state index in [1.54, 1.807) is 0 Å². The van der Waals surface area contributed by atoms with E-state index in [-0.39, 0.29) is 5.97 Å². The van der Waals surface area contributed by atoms with Crippen molar-refractivity contribution < 1.29 is 9.53 Å². The molecule has 1 fully saturated rings. The molecular formula is C14H19NO2. The lowest BCUT2D eigenvalue weighted by atomic mass is 9.95. The van der Waals surface area contributed by atoms with Crippen molar-refractivity contribution in [3.05, 3.63) is 35.9 Å². The van der Waals surface area contributed by atoms with E-state index in [9.17, 15) is 4.79 Å². The van der Waals surface area contributed by atoms with Crippen LogP contribution >= 0.6 is 0 Å². The van der Waals surface area contributed by atoms with Gasteiger partial charge in [0.2, 0.25) is 0 Å². The zero-order valence-corrected chi connectivity index (χ0v) is 10.0. The molecule has 0 unspecified atom stereocenters. The molecule has 0 radical (unpaired) electrons. The van der Waals surface area contributed by atoms with Crippen LogP contribution in [0, 0.1) is 5.92 Å². The first-order valence-electron chi connectivity index (χ1n) is 6.25. The molecule has 92 valence electrons. The Kier molecular flexibility index (Phi) is 4.56. The Hall–Kier alpha value is -1.35. The van der Waals surface area contributed by atoms with Crippen molar-refractivity contribution in [3.63, 3.8) is 0 Å². The summed E-state index contributed by atoms with van der Waals surface area (Å²) in [6.45, 7) is 2.44. The molecule has 0 atom stereocenters. The minimum Gasteiger partial charge on any atom is -0.461 e. The lowest BCUT2D eigenvalue weighted by Crippen LogP contribution is -2.29. The molecule has 1 aliphatic heterocycles. The van der Waals surface area contributed by atoms with Gasteiger partial charge in [-0.1, -0.05) is 30.3 Å². The minimum absolute atomic E-state index is 0.0687. The standard InChI is InChI=1S/C14H19NO2/c16-14(10-12-6-8-15-9-7-12)17-11-13-4-2-1-3-5-13/h1-5,12,15H,6-11H2. The lowest BCUT2D eigenvalue weighted by Gasteiger charge is -2.21. The molecule has 17 heavy (non-hydrogen) atoms. The fourth-order valence-corrected chi connectivity index (χ4v) is 2.12. The number of carbonyl (C=O) groups excluding carboxylic acids is 1. The molecule has 0 bridgehead atoms. The SMILES string of the molecule is O=C(CC1CCNCC1)OCc1ccccc1. The van der Waals surface area contributed by atoms with E-state index in [0.717, 1.165) is 31.5 Å². The van der Waals surface area contributed by atoms with Gasteiger partial charge in [-0.05, 0) is 37.4 Å². The number of esters is 1. The third-order valence-corrected chi connectivity index (χ3v) is 3.16. The number of nitrogens with one attached hydrogen (secondary N) is 1. The van der Waals surface area contributed by atoms with Crippen molar-refractivity contribution in [1.29, 1.82) is 0 Å². The van der Waals surface area contributed by atoms with Crippen LogP contribution in [0.4, 0.5) is 0 Å². The maximum atomic E-state index is 11.6. The van der Waals surface area contributed by atoms with Crippen LogP contribution in [-0.4, -0.2) is 19.1 Å². The lowest BCUT2D eigenvalue weighted by molar-refractivity contribution is -0.146. The molecule has 1 aromatic carbocycles. The Morgan fingerprint density at radius 2 is 1.94 bits per heavy atom. The molecule has 0 aliphatic carbocycles. The highest BCUT2D eigenvalue weighted by Gasteiger charge is 2.17. The molecule has 1 aliphatic rings. The molecule has 0 spiro atoms. The van der Waals surface area contributed by atoms with Gasteiger partial charge in [-0.2, -0.15) is 0 Å². The average molecular weight is 233 g/mol. The second kappa shape index (κ2) is 6.40. The van der Waals surface area contributed by atoms with Crippen molar-refractivity contribution in [2.45, 2.75) is 25.9 Å². The fraction of sp³-hybridized carbons (Fsp3) is 0.500. The van der Waals surface area contributed by atoms with E-state index in [2.05, 4.69) is 5.32 Å². The van der Waals surface area contributed by atoms with Crippen LogP contribution in [0.5, 0.6) is 0 Å².